The number of rotatable bonds is 11. The first kappa shape index (κ1) is 18.2. The van der Waals surface area contributed by atoms with Crippen molar-refractivity contribution in [1.82, 2.24) is 20.0 Å². The van der Waals surface area contributed by atoms with Crippen LogP contribution in [0.5, 0.6) is 0 Å². The molecule has 0 aromatic carbocycles. The predicted molar refractivity (Wildman–Crippen MR) is 90.6 cm³/mol. The Bertz CT molecular complexity index is 369. The van der Waals surface area contributed by atoms with Crippen molar-refractivity contribution in [2.75, 3.05) is 20.1 Å². The van der Waals surface area contributed by atoms with Gasteiger partial charge in [0.25, 0.3) is 0 Å². The van der Waals surface area contributed by atoms with Crippen molar-refractivity contribution in [2.45, 2.75) is 72.0 Å². The fourth-order valence-electron chi connectivity index (χ4n) is 2.42. The fraction of sp³-hybridized carbons (Fsp3) is 0.824. The molecule has 0 aliphatic carbocycles. The highest BCUT2D eigenvalue weighted by Crippen LogP contribution is 2.14. The molecular weight excluding hydrogens is 260 g/mol. The van der Waals surface area contributed by atoms with Crippen LogP contribution in [-0.4, -0.2) is 40.9 Å². The average Bonchev–Trinajstić information content (AvgIpc) is 2.92. The third kappa shape index (κ3) is 6.62. The SMILES string of the molecule is CCC(CC)n1ccc(CNCCCCN(C)C(C)C)n1. The highest BCUT2D eigenvalue weighted by Gasteiger charge is 2.07. The van der Waals surface area contributed by atoms with Crippen molar-refractivity contribution in [3.63, 3.8) is 0 Å². The molecule has 122 valence electrons. The molecular formula is C17H34N4. The molecule has 1 rings (SSSR count). The maximum absolute atomic E-state index is 4.67. The Morgan fingerprint density at radius 2 is 1.95 bits per heavy atom. The highest BCUT2D eigenvalue weighted by atomic mass is 15.3. The first-order valence-corrected chi connectivity index (χ1v) is 8.53. The normalized spacial score (nSPS) is 12.0. The van der Waals surface area contributed by atoms with E-state index < -0.39 is 0 Å². The van der Waals surface area contributed by atoms with Crippen molar-refractivity contribution in [3.05, 3.63) is 18.0 Å². The zero-order valence-corrected chi connectivity index (χ0v) is 14.6. The van der Waals surface area contributed by atoms with E-state index in [0.717, 1.165) is 31.6 Å². The van der Waals surface area contributed by atoms with E-state index in [-0.39, 0.29) is 0 Å². The van der Waals surface area contributed by atoms with Gasteiger partial charge in [0, 0.05) is 18.8 Å². The van der Waals surface area contributed by atoms with Crippen LogP contribution in [-0.2, 0) is 6.54 Å². The molecule has 21 heavy (non-hydrogen) atoms. The van der Waals surface area contributed by atoms with E-state index in [1.807, 2.05) is 0 Å². The Morgan fingerprint density at radius 3 is 2.57 bits per heavy atom. The number of aromatic nitrogens is 2. The van der Waals surface area contributed by atoms with Crippen LogP contribution in [0.1, 0.15) is 65.1 Å². The molecule has 4 nitrogen and oxygen atoms in total. The second kappa shape index (κ2) is 9.96. The molecule has 1 N–H and O–H groups in total. The molecule has 4 heteroatoms. The van der Waals surface area contributed by atoms with E-state index in [1.54, 1.807) is 0 Å². The van der Waals surface area contributed by atoms with Crippen LogP contribution < -0.4 is 5.32 Å². The molecule has 0 unspecified atom stereocenters. The zero-order valence-electron chi connectivity index (χ0n) is 14.6. The van der Waals surface area contributed by atoms with Crippen LogP contribution in [0.3, 0.4) is 0 Å². The molecule has 0 spiro atoms. The third-order valence-corrected chi connectivity index (χ3v) is 4.28. The van der Waals surface area contributed by atoms with E-state index in [0.29, 0.717) is 12.1 Å². The summed E-state index contributed by atoms with van der Waals surface area (Å²) in [7, 11) is 2.20. The van der Waals surface area contributed by atoms with Crippen molar-refractivity contribution >= 4 is 0 Å². The molecule has 1 aromatic rings. The highest BCUT2D eigenvalue weighted by molar-refractivity contribution is 4.99. The number of hydrogen-bond acceptors (Lipinski definition) is 3. The van der Waals surface area contributed by atoms with Crippen LogP contribution in [0.2, 0.25) is 0 Å². The summed E-state index contributed by atoms with van der Waals surface area (Å²) >= 11 is 0. The van der Waals surface area contributed by atoms with Crippen LogP contribution in [0.25, 0.3) is 0 Å². The van der Waals surface area contributed by atoms with E-state index in [9.17, 15) is 0 Å². The number of nitrogens with one attached hydrogen (secondary N) is 1. The van der Waals surface area contributed by atoms with Crippen molar-refractivity contribution < 1.29 is 0 Å². The minimum Gasteiger partial charge on any atom is -0.311 e. The van der Waals surface area contributed by atoms with Gasteiger partial charge in [0.2, 0.25) is 0 Å². The first-order valence-electron chi connectivity index (χ1n) is 8.53. The molecule has 0 aliphatic heterocycles. The summed E-state index contributed by atoms with van der Waals surface area (Å²) in [5.41, 5.74) is 1.15. The third-order valence-electron chi connectivity index (χ3n) is 4.28. The van der Waals surface area contributed by atoms with E-state index >= 15 is 0 Å². The summed E-state index contributed by atoms with van der Waals surface area (Å²) in [6.45, 7) is 12.1. The topological polar surface area (TPSA) is 33.1 Å². The summed E-state index contributed by atoms with van der Waals surface area (Å²) in [6.07, 6.45) is 6.89. The zero-order chi connectivity index (χ0) is 15.7. The van der Waals surface area contributed by atoms with Gasteiger partial charge >= 0.3 is 0 Å². The second-order valence-electron chi connectivity index (χ2n) is 6.22. The molecule has 1 heterocycles. The van der Waals surface area contributed by atoms with Gasteiger partial charge in [-0.1, -0.05) is 13.8 Å². The minimum absolute atomic E-state index is 0.547. The minimum atomic E-state index is 0.547. The Hall–Kier alpha value is -0.870. The smallest absolute Gasteiger partial charge is 0.0762 e. The monoisotopic (exact) mass is 294 g/mol. The number of unbranched alkanes of at least 4 members (excludes halogenated alkanes) is 1. The summed E-state index contributed by atoms with van der Waals surface area (Å²) in [4.78, 5) is 2.40. The van der Waals surface area contributed by atoms with Gasteiger partial charge < -0.3 is 10.2 Å². The summed E-state index contributed by atoms with van der Waals surface area (Å²) in [5.74, 6) is 0. The molecule has 0 fully saturated rings. The molecule has 0 saturated heterocycles. The van der Waals surface area contributed by atoms with Crippen molar-refractivity contribution in [3.8, 4) is 0 Å². The average molecular weight is 294 g/mol. The van der Waals surface area contributed by atoms with E-state index in [4.69, 9.17) is 0 Å². The lowest BCUT2D eigenvalue weighted by atomic mass is 10.2. The van der Waals surface area contributed by atoms with Gasteiger partial charge in [0.05, 0.1) is 11.7 Å². The quantitative estimate of drug-likeness (QED) is 0.635. The van der Waals surface area contributed by atoms with Crippen LogP contribution in [0.4, 0.5) is 0 Å². The van der Waals surface area contributed by atoms with Gasteiger partial charge in [-0.15, -0.1) is 0 Å². The fourth-order valence-corrected chi connectivity index (χ4v) is 2.42. The summed E-state index contributed by atoms with van der Waals surface area (Å²) in [6, 6.07) is 3.33. The maximum Gasteiger partial charge on any atom is 0.0762 e. The summed E-state index contributed by atoms with van der Waals surface area (Å²) < 4.78 is 2.12. The molecule has 1 aromatic heterocycles. The molecule has 0 amide bonds. The Labute approximate surface area is 130 Å². The molecule has 0 bridgehead atoms. The van der Waals surface area contributed by atoms with Crippen LogP contribution >= 0.6 is 0 Å². The standard InChI is InChI=1S/C17H34N4/c1-6-17(7-2)21-13-10-16(19-21)14-18-11-8-9-12-20(5)15(3)4/h10,13,15,17-18H,6-9,11-12,14H2,1-5H3. The molecule has 0 aliphatic rings. The van der Waals surface area contributed by atoms with Crippen molar-refractivity contribution in [1.29, 1.82) is 0 Å². The molecule has 0 saturated carbocycles. The first-order chi connectivity index (χ1) is 10.1. The van der Waals surface area contributed by atoms with Gasteiger partial charge in [-0.25, -0.2) is 0 Å². The maximum atomic E-state index is 4.67. The Kier molecular flexibility index (Phi) is 8.62. The van der Waals surface area contributed by atoms with Gasteiger partial charge in [0.1, 0.15) is 0 Å². The Balaban J connectivity index is 2.16. The lowest BCUT2D eigenvalue weighted by Crippen LogP contribution is -2.27. The lowest BCUT2D eigenvalue weighted by Gasteiger charge is -2.20. The number of nitrogens with zero attached hydrogens (tertiary/aromatic N) is 3. The van der Waals surface area contributed by atoms with Crippen molar-refractivity contribution in [2.24, 2.45) is 0 Å². The van der Waals surface area contributed by atoms with E-state index in [1.165, 1.54) is 19.4 Å². The van der Waals surface area contributed by atoms with Gasteiger partial charge in [-0.2, -0.15) is 5.10 Å². The van der Waals surface area contributed by atoms with Gasteiger partial charge in [0.15, 0.2) is 0 Å². The predicted octanol–water partition coefficient (Wildman–Crippen LogP) is 3.45. The van der Waals surface area contributed by atoms with Crippen LogP contribution in [0, 0.1) is 0 Å². The summed E-state index contributed by atoms with van der Waals surface area (Å²) in [5, 5.41) is 8.17. The van der Waals surface area contributed by atoms with Crippen LogP contribution in [0.15, 0.2) is 12.3 Å². The van der Waals surface area contributed by atoms with Gasteiger partial charge in [-0.05, 0) is 65.7 Å². The van der Waals surface area contributed by atoms with Gasteiger partial charge in [-0.3, -0.25) is 4.68 Å². The Morgan fingerprint density at radius 1 is 1.24 bits per heavy atom. The lowest BCUT2D eigenvalue weighted by molar-refractivity contribution is 0.268. The number of hydrogen-bond donors (Lipinski definition) is 1. The van der Waals surface area contributed by atoms with E-state index in [2.05, 4.69) is 67.0 Å². The molecule has 0 atom stereocenters. The molecule has 0 radical (unpaired) electrons. The second-order valence-corrected chi connectivity index (χ2v) is 6.22. The largest absolute Gasteiger partial charge is 0.311 e.